The predicted octanol–water partition coefficient (Wildman–Crippen LogP) is 4.34. The number of amides is 1. The summed E-state index contributed by atoms with van der Waals surface area (Å²) in [6, 6.07) is 15.4. The number of carbonyl (C=O) groups excluding carboxylic acids is 1. The number of nitrogens with one attached hydrogen (secondary N) is 2. The van der Waals surface area contributed by atoms with E-state index in [1.54, 1.807) is 12.1 Å². The third-order valence-corrected chi connectivity index (χ3v) is 4.28. The van der Waals surface area contributed by atoms with Gasteiger partial charge in [-0.05, 0) is 48.7 Å². The highest BCUT2D eigenvalue weighted by Crippen LogP contribution is 2.19. The quantitative estimate of drug-likeness (QED) is 0.590. The van der Waals surface area contributed by atoms with Gasteiger partial charge in [0.1, 0.15) is 12.4 Å². The van der Waals surface area contributed by atoms with Crippen LogP contribution in [0.15, 0.2) is 54.7 Å². The fourth-order valence-corrected chi connectivity index (χ4v) is 2.88. The smallest absolute Gasteiger partial charge is 0.220 e. The first-order valence-corrected chi connectivity index (χ1v) is 8.80. The topological polar surface area (TPSA) is 54.1 Å². The van der Waals surface area contributed by atoms with Crippen molar-refractivity contribution in [2.45, 2.75) is 19.3 Å². The molecule has 2 aromatic carbocycles. The third-order valence-electron chi connectivity index (χ3n) is 4.03. The van der Waals surface area contributed by atoms with Crippen LogP contribution in [0.2, 0.25) is 5.02 Å². The number of ether oxygens (including phenoxy) is 1. The minimum atomic E-state index is 0.0551. The van der Waals surface area contributed by atoms with Crippen LogP contribution in [0.3, 0.4) is 0 Å². The van der Waals surface area contributed by atoms with E-state index < -0.39 is 0 Å². The van der Waals surface area contributed by atoms with Crippen molar-refractivity contribution < 1.29 is 9.53 Å². The van der Waals surface area contributed by atoms with Crippen molar-refractivity contribution in [2.24, 2.45) is 0 Å². The number of fused-ring (bicyclic) bond motifs is 1. The number of halogens is 1. The van der Waals surface area contributed by atoms with E-state index in [1.165, 1.54) is 10.9 Å². The van der Waals surface area contributed by atoms with Crippen molar-refractivity contribution in [3.8, 4) is 5.75 Å². The van der Waals surface area contributed by atoms with E-state index in [4.69, 9.17) is 16.3 Å². The van der Waals surface area contributed by atoms with Gasteiger partial charge in [-0.25, -0.2) is 0 Å². The summed E-state index contributed by atoms with van der Waals surface area (Å²) in [5, 5.41) is 4.80. The molecule has 0 fully saturated rings. The standard InChI is InChI=1S/C20H21ClN2O2/c21-16-8-10-17(11-9-16)25-13-12-22-20(24)7-3-4-15-14-23-19-6-2-1-5-18(15)19/h1-2,5-6,8-11,14,23H,3-4,7,12-13H2,(H,22,24). The molecule has 25 heavy (non-hydrogen) atoms. The number of H-pyrrole nitrogens is 1. The van der Waals surface area contributed by atoms with Gasteiger partial charge in [0.05, 0.1) is 6.54 Å². The van der Waals surface area contributed by atoms with Crippen molar-refractivity contribution in [1.82, 2.24) is 10.3 Å². The first-order valence-electron chi connectivity index (χ1n) is 8.42. The van der Waals surface area contributed by atoms with Gasteiger partial charge in [-0.3, -0.25) is 4.79 Å². The van der Waals surface area contributed by atoms with E-state index in [2.05, 4.69) is 22.4 Å². The summed E-state index contributed by atoms with van der Waals surface area (Å²) in [5.74, 6) is 0.803. The van der Waals surface area contributed by atoms with Crippen LogP contribution >= 0.6 is 11.6 Å². The Hall–Kier alpha value is -2.46. The van der Waals surface area contributed by atoms with Gasteiger partial charge in [0.2, 0.25) is 5.91 Å². The van der Waals surface area contributed by atoms with Gasteiger partial charge in [-0.15, -0.1) is 0 Å². The SMILES string of the molecule is O=C(CCCc1c[nH]c2ccccc12)NCCOc1ccc(Cl)cc1. The molecule has 1 heterocycles. The predicted molar refractivity (Wildman–Crippen MR) is 101 cm³/mol. The van der Waals surface area contributed by atoms with Crippen LogP contribution in [0, 0.1) is 0 Å². The minimum Gasteiger partial charge on any atom is -0.492 e. The van der Waals surface area contributed by atoms with E-state index in [1.807, 2.05) is 30.5 Å². The van der Waals surface area contributed by atoms with Gasteiger partial charge in [0.15, 0.2) is 0 Å². The zero-order valence-corrected chi connectivity index (χ0v) is 14.7. The van der Waals surface area contributed by atoms with E-state index in [0.717, 1.165) is 24.1 Å². The van der Waals surface area contributed by atoms with E-state index in [-0.39, 0.29) is 5.91 Å². The molecule has 130 valence electrons. The Labute approximate surface area is 152 Å². The summed E-state index contributed by atoms with van der Waals surface area (Å²) in [6.07, 6.45) is 4.26. The van der Waals surface area contributed by atoms with Crippen molar-refractivity contribution in [2.75, 3.05) is 13.2 Å². The van der Waals surface area contributed by atoms with Crippen LogP contribution in [0.5, 0.6) is 5.75 Å². The fourth-order valence-electron chi connectivity index (χ4n) is 2.76. The van der Waals surface area contributed by atoms with Crippen LogP contribution in [0.1, 0.15) is 18.4 Å². The molecule has 4 nitrogen and oxygen atoms in total. The Morgan fingerprint density at radius 2 is 1.92 bits per heavy atom. The summed E-state index contributed by atoms with van der Waals surface area (Å²) in [7, 11) is 0. The lowest BCUT2D eigenvalue weighted by Crippen LogP contribution is -2.27. The molecule has 0 saturated heterocycles. The zero-order valence-electron chi connectivity index (χ0n) is 13.9. The molecule has 0 aliphatic carbocycles. The molecule has 2 N–H and O–H groups in total. The van der Waals surface area contributed by atoms with Gasteiger partial charge in [-0.2, -0.15) is 0 Å². The number of para-hydroxylation sites is 1. The zero-order chi connectivity index (χ0) is 17.5. The molecule has 0 saturated carbocycles. The molecule has 0 unspecified atom stereocenters. The largest absolute Gasteiger partial charge is 0.492 e. The number of hydrogen-bond donors (Lipinski definition) is 2. The lowest BCUT2D eigenvalue weighted by atomic mass is 10.1. The minimum absolute atomic E-state index is 0.0551. The maximum atomic E-state index is 11.9. The molecular weight excluding hydrogens is 336 g/mol. The number of hydrogen-bond acceptors (Lipinski definition) is 2. The lowest BCUT2D eigenvalue weighted by Gasteiger charge is -2.08. The Morgan fingerprint density at radius 3 is 2.76 bits per heavy atom. The second kappa shape index (κ2) is 8.58. The second-order valence-corrected chi connectivity index (χ2v) is 6.30. The van der Waals surface area contributed by atoms with Gasteiger partial charge < -0.3 is 15.0 Å². The van der Waals surface area contributed by atoms with Crippen molar-refractivity contribution >= 4 is 28.4 Å². The first-order chi connectivity index (χ1) is 12.2. The molecule has 0 aliphatic rings. The van der Waals surface area contributed by atoms with Crippen molar-refractivity contribution in [1.29, 1.82) is 0 Å². The van der Waals surface area contributed by atoms with E-state index >= 15 is 0 Å². The third kappa shape index (κ3) is 5.00. The van der Waals surface area contributed by atoms with Crippen molar-refractivity contribution in [3.05, 3.63) is 65.3 Å². The maximum Gasteiger partial charge on any atom is 0.220 e. The summed E-state index contributed by atoms with van der Waals surface area (Å²) < 4.78 is 5.55. The number of carbonyl (C=O) groups is 1. The van der Waals surface area contributed by atoms with Crippen molar-refractivity contribution in [3.63, 3.8) is 0 Å². The molecular formula is C20H21ClN2O2. The van der Waals surface area contributed by atoms with Gasteiger partial charge >= 0.3 is 0 Å². The normalized spacial score (nSPS) is 10.8. The average Bonchev–Trinajstić information content (AvgIpc) is 3.04. The molecule has 5 heteroatoms. The highest BCUT2D eigenvalue weighted by Gasteiger charge is 2.05. The summed E-state index contributed by atoms with van der Waals surface area (Å²) in [6.45, 7) is 0.935. The second-order valence-electron chi connectivity index (χ2n) is 5.87. The molecule has 1 aromatic heterocycles. The summed E-state index contributed by atoms with van der Waals surface area (Å²) >= 11 is 5.82. The highest BCUT2D eigenvalue weighted by molar-refractivity contribution is 6.30. The monoisotopic (exact) mass is 356 g/mol. The Morgan fingerprint density at radius 1 is 1.12 bits per heavy atom. The molecule has 3 aromatic rings. The molecule has 0 atom stereocenters. The molecule has 0 aliphatic heterocycles. The Balaban J connectivity index is 1.33. The maximum absolute atomic E-state index is 11.9. The van der Waals surface area contributed by atoms with Gasteiger partial charge in [0.25, 0.3) is 0 Å². The Kier molecular flexibility index (Phi) is 5.96. The number of aryl methyl sites for hydroxylation is 1. The van der Waals surface area contributed by atoms with E-state index in [9.17, 15) is 4.79 Å². The average molecular weight is 357 g/mol. The van der Waals surface area contributed by atoms with Crippen LogP contribution in [-0.2, 0) is 11.2 Å². The number of rotatable bonds is 8. The molecule has 0 spiro atoms. The highest BCUT2D eigenvalue weighted by atomic mass is 35.5. The number of benzene rings is 2. The van der Waals surface area contributed by atoms with Crippen LogP contribution < -0.4 is 10.1 Å². The van der Waals surface area contributed by atoms with Gasteiger partial charge in [0, 0.05) is 28.5 Å². The first kappa shape index (κ1) is 17.4. The van der Waals surface area contributed by atoms with Gasteiger partial charge in [-0.1, -0.05) is 29.8 Å². The van der Waals surface area contributed by atoms with E-state index in [0.29, 0.717) is 24.6 Å². The Bertz CT molecular complexity index is 827. The molecule has 1 amide bonds. The number of aromatic amines is 1. The van der Waals surface area contributed by atoms with Crippen LogP contribution in [0.25, 0.3) is 10.9 Å². The lowest BCUT2D eigenvalue weighted by molar-refractivity contribution is -0.121. The summed E-state index contributed by atoms with van der Waals surface area (Å²) in [5.41, 5.74) is 2.40. The molecule has 0 bridgehead atoms. The number of aromatic nitrogens is 1. The van der Waals surface area contributed by atoms with Crippen LogP contribution in [-0.4, -0.2) is 24.0 Å². The molecule has 3 rings (SSSR count). The van der Waals surface area contributed by atoms with Crippen LogP contribution in [0.4, 0.5) is 0 Å². The molecule has 0 radical (unpaired) electrons. The fraction of sp³-hybridized carbons (Fsp3) is 0.250. The summed E-state index contributed by atoms with van der Waals surface area (Å²) in [4.78, 5) is 15.2.